The maximum absolute atomic E-state index is 13.0. The number of hydrogen-bond donors (Lipinski definition) is 2. The smallest absolute Gasteiger partial charge is 0.416 e. The first kappa shape index (κ1) is 21.2. The van der Waals surface area contributed by atoms with Gasteiger partial charge in [-0.2, -0.15) is 13.2 Å². The number of furan rings is 1. The molecular weight excluding hydrogens is 429 g/mol. The van der Waals surface area contributed by atoms with Gasteiger partial charge in [0.25, 0.3) is 0 Å². The van der Waals surface area contributed by atoms with Crippen LogP contribution in [0.15, 0.2) is 46.0 Å². The zero-order valence-corrected chi connectivity index (χ0v) is 16.9. The van der Waals surface area contributed by atoms with Crippen molar-refractivity contribution >= 4 is 34.9 Å². The molecule has 154 valence electrons. The van der Waals surface area contributed by atoms with Crippen LogP contribution in [-0.2, 0) is 15.7 Å². The zero-order valence-electron chi connectivity index (χ0n) is 15.3. The van der Waals surface area contributed by atoms with Crippen LogP contribution in [0, 0.1) is 0 Å². The first-order chi connectivity index (χ1) is 13.6. The van der Waals surface area contributed by atoms with E-state index in [1.165, 1.54) is 6.07 Å². The second-order valence-electron chi connectivity index (χ2n) is 6.19. The lowest BCUT2D eigenvalue weighted by molar-refractivity contribution is -0.139. The number of nitrogens with one attached hydrogen (secondary N) is 2. The Labute approximate surface area is 174 Å². The Hall–Kier alpha value is -2.52. The minimum atomic E-state index is -4.52. The van der Waals surface area contributed by atoms with E-state index >= 15 is 0 Å². The summed E-state index contributed by atoms with van der Waals surface area (Å²) in [6.45, 7) is 3.52. The van der Waals surface area contributed by atoms with Crippen molar-refractivity contribution in [2.75, 3.05) is 6.61 Å². The van der Waals surface area contributed by atoms with Gasteiger partial charge in [0.15, 0.2) is 5.11 Å². The van der Waals surface area contributed by atoms with Crippen molar-refractivity contribution in [2.24, 2.45) is 0 Å². The van der Waals surface area contributed by atoms with E-state index < -0.39 is 23.8 Å². The second-order valence-corrected chi connectivity index (χ2v) is 7.00. The third-order valence-corrected chi connectivity index (χ3v) is 4.78. The molecule has 0 saturated carbocycles. The van der Waals surface area contributed by atoms with Crippen molar-refractivity contribution < 1.29 is 27.1 Å². The Morgan fingerprint density at radius 3 is 2.69 bits per heavy atom. The molecule has 2 aromatic rings. The number of thiocarbonyl (C=S) groups is 1. The third-order valence-electron chi connectivity index (χ3n) is 4.23. The molecule has 0 spiro atoms. The lowest BCUT2D eigenvalue weighted by atomic mass is 10.0. The molecule has 0 aliphatic carbocycles. The minimum Gasteiger partial charge on any atom is -0.463 e. The minimum absolute atomic E-state index is 0.0858. The first-order valence-corrected chi connectivity index (χ1v) is 9.32. The highest BCUT2D eigenvalue weighted by Crippen LogP contribution is 2.38. The maximum atomic E-state index is 13.0. The summed E-state index contributed by atoms with van der Waals surface area (Å²) in [6.07, 6.45) is -4.52. The highest BCUT2D eigenvalue weighted by atomic mass is 35.5. The Bertz CT molecular complexity index is 1000. The predicted octanol–water partition coefficient (Wildman–Crippen LogP) is 4.97. The maximum Gasteiger partial charge on any atom is 0.416 e. The molecule has 0 saturated heterocycles. The van der Waals surface area contributed by atoms with Gasteiger partial charge in [0.2, 0.25) is 0 Å². The van der Waals surface area contributed by atoms with Gasteiger partial charge < -0.3 is 19.8 Å². The number of allylic oxidation sites excluding steroid dienone is 1. The molecule has 2 N–H and O–H groups in total. The summed E-state index contributed by atoms with van der Waals surface area (Å²) in [5.41, 5.74) is -0.00893. The quantitative estimate of drug-likeness (QED) is 0.512. The summed E-state index contributed by atoms with van der Waals surface area (Å²) in [6, 6.07) is 5.24. The normalized spacial score (nSPS) is 17.0. The molecular formula is C19H16ClF3N2O3S. The zero-order chi connectivity index (χ0) is 21.3. The summed E-state index contributed by atoms with van der Waals surface area (Å²) >= 11 is 11.2. The average Bonchev–Trinajstić information content (AvgIpc) is 3.10. The summed E-state index contributed by atoms with van der Waals surface area (Å²) in [7, 11) is 0. The lowest BCUT2D eigenvalue weighted by Crippen LogP contribution is -2.45. The molecule has 0 bridgehead atoms. The number of rotatable bonds is 4. The fourth-order valence-electron chi connectivity index (χ4n) is 2.93. The van der Waals surface area contributed by atoms with E-state index in [0.717, 1.165) is 18.2 Å². The van der Waals surface area contributed by atoms with Crippen molar-refractivity contribution in [1.82, 2.24) is 10.6 Å². The second kappa shape index (κ2) is 8.08. The molecule has 1 aromatic heterocycles. The monoisotopic (exact) mass is 444 g/mol. The number of halogens is 4. The van der Waals surface area contributed by atoms with Crippen LogP contribution in [0.3, 0.4) is 0 Å². The van der Waals surface area contributed by atoms with Crippen LogP contribution >= 0.6 is 23.8 Å². The van der Waals surface area contributed by atoms with E-state index in [-0.39, 0.29) is 39.4 Å². The van der Waals surface area contributed by atoms with E-state index in [9.17, 15) is 18.0 Å². The van der Waals surface area contributed by atoms with Gasteiger partial charge in [0, 0.05) is 11.3 Å². The van der Waals surface area contributed by atoms with E-state index in [4.69, 9.17) is 33.0 Å². The van der Waals surface area contributed by atoms with Crippen molar-refractivity contribution in [1.29, 1.82) is 0 Å². The molecule has 1 aliphatic rings. The average molecular weight is 445 g/mol. The molecule has 5 nitrogen and oxygen atoms in total. The van der Waals surface area contributed by atoms with Gasteiger partial charge in [-0.25, -0.2) is 4.79 Å². The molecule has 2 heterocycles. The topological polar surface area (TPSA) is 63.5 Å². The number of hydrogen-bond acceptors (Lipinski definition) is 4. The predicted molar refractivity (Wildman–Crippen MR) is 105 cm³/mol. The van der Waals surface area contributed by atoms with E-state index in [0.29, 0.717) is 5.70 Å². The molecule has 0 fully saturated rings. The SMILES string of the molecule is CCOC(=O)C1=C(C)NC(=S)N[C@H]1c1ccc(-c2cc(C(F)(F)F)ccc2Cl)o1. The number of ether oxygens (including phenoxy) is 1. The Balaban J connectivity index is 2.02. The molecule has 1 aromatic carbocycles. The van der Waals surface area contributed by atoms with Gasteiger partial charge >= 0.3 is 12.1 Å². The van der Waals surface area contributed by atoms with Gasteiger partial charge in [0.05, 0.1) is 22.8 Å². The fraction of sp³-hybridized carbons (Fsp3) is 0.263. The van der Waals surface area contributed by atoms with Gasteiger partial charge in [-0.3, -0.25) is 0 Å². The number of carbonyl (C=O) groups excluding carboxylic acids is 1. The summed E-state index contributed by atoms with van der Waals surface area (Å²) in [5.74, 6) is -0.157. The number of alkyl halides is 3. The fourth-order valence-corrected chi connectivity index (χ4v) is 3.41. The van der Waals surface area contributed by atoms with Gasteiger partial charge in [-0.1, -0.05) is 11.6 Å². The number of carbonyl (C=O) groups is 1. The first-order valence-electron chi connectivity index (χ1n) is 8.54. The molecule has 3 rings (SSSR count). The van der Waals surface area contributed by atoms with Crippen LogP contribution in [0.1, 0.15) is 31.2 Å². The van der Waals surface area contributed by atoms with E-state index in [2.05, 4.69) is 10.6 Å². The van der Waals surface area contributed by atoms with Crippen molar-refractivity contribution in [2.45, 2.75) is 26.1 Å². The molecule has 0 radical (unpaired) electrons. The number of benzene rings is 1. The molecule has 1 aliphatic heterocycles. The highest BCUT2D eigenvalue weighted by Gasteiger charge is 2.34. The molecule has 1 atom stereocenters. The molecule has 10 heteroatoms. The van der Waals surface area contributed by atoms with Crippen LogP contribution < -0.4 is 10.6 Å². The molecule has 0 unspecified atom stereocenters. The molecule has 0 amide bonds. The summed E-state index contributed by atoms with van der Waals surface area (Å²) in [5, 5.41) is 6.15. The van der Waals surface area contributed by atoms with Crippen LogP contribution in [0.2, 0.25) is 5.02 Å². The Kier molecular flexibility index (Phi) is 5.90. The van der Waals surface area contributed by atoms with Crippen LogP contribution in [0.25, 0.3) is 11.3 Å². The largest absolute Gasteiger partial charge is 0.463 e. The molecule has 29 heavy (non-hydrogen) atoms. The third kappa shape index (κ3) is 4.40. The summed E-state index contributed by atoms with van der Waals surface area (Å²) < 4.78 is 50.0. The van der Waals surface area contributed by atoms with E-state index in [1.54, 1.807) is 19.9 Å². The van der Waals surface area contributed by atoms with E-state index in [1.807, 2.05) is 0 Å². The van der Waals surface area contributed by atoms with Gasteiger partial charge in [-0.05, 0) is 56.4 Å². The van der Waals surface area contributed by atoms with Gasteiger partial charge in [0.1, 0.15) is 17.6 Å². The number of esters is 1. The van der Waals surface area contributed by atoms with Gasteiger partial charge in [-0.15, -0.1) is 0 Å². The lowest BCUT2D eigenvalue weighted by Gasteiger charge is -2.28. The Morgan fingerprint density at radius 2 is 2.03 bits per heavy atom. The van der Waals surface area contributed by atoms with Crippen LogP contribution in [0.4, 0.5) is 13.2 Å². The van der Waals surface area contributed by atoms with Crippen molar-refractivity contribution in [3.8, 4) is 11.3 Å². The van der Waals surface area contributed by atoms with Crippen molar-refractivity contribution in [3.05, 3.63) is 57.9 Å². The summed E-state index contributed by atoms with van der Waals surface area (Å²) in [4.78, 5) is 12.4. The van der Waals surface area contributed by atoms with Crippen molar-refractivity contribution in [3.63, 3.8) is 0 Å². The van der Waals surface area contributed by atoms with Crippen LogP contribution in [-0.4, -0.2) is 17.7 Å². The standard InChI is InChI=1S/C19H16ClF3N2O3S/c1-3-27-17(26)15-9(2)24-18(29)25-16(15)14-7-6-13(28-14)11-8-10(19(21,22)23)4-5-12(11)20/h4-8,16H,3H2,1-2H3,(H2,24,25,29)/t16-/m0/s1. The highest BCUT2D eigenvalue weighted by molar-refractivity contribution is 7.80. The van der Waals surface area contributed by atoms with Crippen LogP contribution in [0.5, 0.6) is 0 Å². The Morgan fingerprint density at radius 1 is 1.31 bits per heavy atom.